The van der Waals surface area contributed by atoms with Gasteiger partial charge in [0.1, 0.15) is 0 Å². The van der Waals surface area contributed by atoms with Crippen molar-refractivity contribution < 1.29 is 13.9 Å². The first-order valence-corrected chi connectivity index (χ1v) is 8.54. The smallest absolute Gasteiger partial charge is 0.292 e. The standard InChI is InChI=1S/C18H16ClFN4O2/c1-9-14-11-3-4-12(19)15(20)16(11)23-13(14)5-6-24(9)18(25)17-21-7-10(26-2)8-22-17/h3-4,7-9,23H,5-6H2,1-2H3. The summed E-state index contributed by atoms with van der Waals surface area (Å²) in [5, 5.41) is 0.811. The van der Waals surface area contributed by atoms with E-state index < -0.39 is 5.82 Å². The highest BCUT2D eigenvalue weighted by Gasteiger charge is 2.32. The molecular formula is C18H16ClFN4O2. The third kappa shape index (κ3) is 2.50. The molecule has 0 bridgehead atoms. The Morgan fingerprint density at radius 1 is 1.38 bits per heavy atom. The van der Waals surface area contributed by atoms with Crippen LogP contribution in [0.2, 0.25) is 5.02 Å². The number of nitrogens with zero attached hydrogens (tertiary/aromatic N) is 3. The molecule has 2 aromatic heterocycles. The van der Waals surface area contributed by atoms with Crippen LogP contribution in [0.1, 0.15) is 34.8 Å². The first-order chi connectivity index (χ1) is 12.5. The molecule has 1 unspecified atom stereocenters. The minimum absolute atomic E-state index is 0.0725. The highest BCUT2D eigenvalue weighted by molar-refractivity contribution is 6.31. The quantitative estimate of drug-likeness (QED) is 0.745. The molecule has 1 atom stereocenters. The summed E-state index contributed by atoms with van der Waals surface area (Å²) in [5.74, 6) is -0.147. The fourth-order valence-electron chi connectivity index (χ4n) is 3.47. The molecule has 1 aliphatic heterocycles. The van der Waals surface area contributed by atoms with Gasteiger partial charge in [0.05, 0.1) is 36.1 Å². The number of methoxy groups -OCH3 is 1. The van der Waals surface area contributed by atoms with E-state index in [9.17, 15) is 9.18 Å². The first-order valence-electron chi connectivity index (χ1n) is 8.16. The van der Waals surface area contributed by atoms with Gasteiger partial charge in [-0.25, -0.2) is 14.4 Å². The number of nitrogens with one attached hydrogen (secondary N) is 1. The maximum absolute atomic E-state index is 14.3. The van der Waals surface area contributed by atoms with Crippen LogP contribution in [0.4, 0.5) is 4.39 Å². The molecule has 4 rings (SSSR count). The van der Waals surface area contributed by atoms with Gasteiger partial charge in [0.25, 0.3) is 5.91 Å². The summed E-state index contributed by atoms with van der Waals surface area (Å²) in [7, 11) is 1.51. The van der Waals surface area contributed by atoms with E-state index in [4.69, 9.17) is 16.3 Å². The normalized spacial score (nSPS) is 16.6. The van der Waals surface area contributed by atoms with Gasteiger partial charge >= 0.3 is 0 Å². The molecule has 26 heavy (non-hydrogen) atoms. The maximum Gasteiger partial charge on any atom is 0.292 e. The summed E-state index contributed by atoms with van der Waals surface area (Å²) in [6, 6.07) is 3.07. The number of H-pyrrole nitrogens is 1. The Morgan fingerprint density at radius 2 is 2.12 bits per heavy atom. The zero-order chi connectivity index (χ0) is 18.4. The van der Waals surface area contributed by atoms with Crippen LogP contribution in [0.3, 0.4) is 0 Å². The Balaban J connectivity index is 1.72. The molecule has 0 saturated carbocycles. The predicted molar refractivity (Wildman–Crippen MR) is 95.0 cm³/mol. The second-order valence-electron chi connectivity index (χ2n) is 6.17. The Labute approximate surface area is 154 Å². The van der Waals surface area contributed by atoms with E-state index in [0.717, 1.165) is 16.6 Å². The second-order valence-corrected chi connectivity index (χ2v) is 6.58. The van der Waals surface area contributed by atoms with Crippen LogP contribution in [-0.4, -0.2) is 39.4 Å². The summed E-state index contributed by atoms with van der Waals surface area (Å²) in [6.07, 6.45) is 3.51. The van der Waals surface area contributed by atoms with Crippen LogP contribution in [0.15, 0.2) is 24.5 Å². The number of hydrogen-bond acceptors (Lipinski definition) is 4. The minimum atomic E-state index is -0.470. The van der Waals surface area contributed by atoms with Crippen molar-refractivity contribution in [2.75, 3.05) is 13.7 Å². The Morgan fingerprint density at radius 3 is 2.81 bits per heavy atom. The van der Waals surface area contributed by atoms with E-state index >= 15 is 0 Å². The lowest BCUT2D eigenvalue weighted by Crippen LogP contribution is -2.39. The molecule has 1 N–H and O–H groups in total. The number of fused-ring (bicyclic) bond motifs is 3. The van der Waals surface area contributed by atoms with E-state index in [-0.39, 0.29) is 22.8 Å². The topological polar surface area (TPSA) is 71.1 Å². The van der Waals surface area contributed by atoms with Crippen molar-refractivity contribution in [3.05, 3.63) is 52.4 Å². The fraction of sp³-hybridized carbons (Fsp3) is 0.278. The Bertz CT molecular complexity index is 1000. The van der Waals surface area contributed by atoms with E-state index in [1.54, 1.807) is 11.0 Å². The monoisotopic (exact) mass is 374 g/mol. The lowest BCUT2D eigenvalue weighted by molar-refractivity contribution is 0.0665. The number of carbonyl (C=O) groups excluding carboxylic acids is 1. The molecule has 1 amide bonds. The largest absolute Gasteiger partial charge is 0.494 e. The third-order valence-electron chi connectivity index (χ3n) is 4.79. The zero-order valence-corrected chi connectivity index (χ0v) is 15.0. The van der Waals surface area contributed by atoms with Crippen molar-refractivity contribution in [3.8, 4) is 5.75 Å². The number of carbonyl (C=O) groups is 1. The fourth-order valence-corrected chi connectivity index (χ4v) is 3.63. The number of halogens is 2. The highest BCUT2D eigenvalue weighted by Crippen LogP contribution is 2.38. The number of aromatic nitrogens is 3. The molecule has 0 aliphatic carbocycles. The van der Waals surface area contributed by atoms with Crippen LogP contribution in [0.25, 0.3) is 10.9 Å². The summed E-state index contributed by atoms with van der Waals surface area (Å²) in [5.41, 5.74) is 2.21. The predicted octanol–water partition coefficient (Wildman–Crippen LogP) is 3.52. The van der Waals surface area contributed by atoms with Crippen molar-refractivity contribution in [3.63, 3.8) is 0 Å². The van der Waals surface area contributed by atoms with Gasteiger partial charge in [0.2, 0.25) is 5.82 Å². The SMILES string of the molecule is COc1cnc(C(=O)N2CCc3[nH]c4c(F)c(Cl)ccc4c3C2C)nc1. The number of aromatic amines is 1. The molecule has 0 radical (unpaired) electrons. The average Bonchev–Trinajstić information content (AvgIpc) is 3.05. The molecule has 8 heteroatoms. The number of rotatable bonds is 2. The lowest BCUT2D eigenvalue weighted by Gasteiger charge is -2.33. The molecule has 0 fully saturated rings. The minimum Gasteiger partial charge on any atom is -0.494 e. The van der Waals surface area contributed by atoms with E-state index in [1.165, 1.54) is 25.6 Å². The Kier molecular flexibility index (Phi) is 4.03. The van der Waals surface area contributed by atoms with Gasteiger partial charge in [-0.2, -0.15) is 0 Å². The van der Waals surface area contributed by atoms with E-state index in [1.807, 2.05) is 6.92 Å². The van der Waals surface area contributed by atoms with E-state index in [0.29, 0.717) is 24.2 Å². The number of ether oxygens (including phenoxy) is 1. The molecule has 0 saturated heterocycles. The van der Waals surface area contributed by atoms with Crippen LogP contribution in [-0.2, 0) is 6.42 Å². The van der Waals surface area contributed by atoms with Crippen molar-refractivity contribution in [1.82, 2.24) is 19.9 Å². The van der Waals surface area contributed by atoms with Gasteiger partial charge in [-0.3, -0.25) is 4.79 Å². The van der Waals surface area contributed by atoms with Crippen molar-refractivity contribution in [2.24, 2.45) is 0 Å². The summed E-state index contributed by atoms with van der Waals surface area (Å²) < 4.78 is 19.3. The average molecular weight is 375 g/mol. The van der Waals surface area contributed by atoms with Crippen LogP contribution >= 0.6 is 11.6 Å². The third-order valence-corrected chi connectivity index (χ3v) is 5.08. The molecule has 0 spiro atoms. The molecule has 1 aromatic carbocycles. The molecular weight excluding hydrogens is 359 g/mol. The second kappa shape index (κ2) is 6.25. The molecule has 134 valence electrons. The summed E-state index contributed by atoms with van der Waals surface area (Å²) in [6.45, 7) is 2.41. The van der Waals surface area contributed by atoms with Crippen molar-refractivity contribution in [2.45, 2.75) is 19.4 Å². The van der Waals surface area contributed by atoms with Crippen LogP contribution in [0, 0.1) is 5.82 Å². The van der Waals surface area contributed by atoms with Gasteiger partial charge in [-0.15, -0.1) is 0 Å². The van der Waals surface area contributed by atoms with Crippen LogP contribution in [0.5, 0.6) is 5.75 Å². The molecule has 1 aliphatic rings. The summed E-state index contributed by atoms with van der Waals surface area (Å²) >= 11 is 5.89. The van der Waals surface area contributed by atoms with Crippen molar-refractivity contribution in [1.29, 1.82) is 0 Å². The number of benzene rings is 1. The number of amides is 1. The Hall–Kier alpha value is -2.67. The maximum atomic E-state index is 14.3. The number of hydrogen-bond donors (Lipinski definition) is 1. The lowest BCUT2D eigenvalue weighted by atomic mass is 9.97. The van der Waals surface area contributed by atoms with Gasteiger partial charge in [0.15, 0.2) is 11.6 Å². The highest BCUT2D eigenvalue weighted by atomic mass is 35.5. The first kappa shape index (κ1) is 16.8. The van der Waals surface area contributed by atoms with E-state index in [2.05, 4.69) is 15.0 Å². The van der Waals surface area contributed by atoms with Crippen LogP contribution < -0.4 is 4.74 Å². The molecule has 6 nitrogen and oxygen atoms in total. The van der Waals surface area contributed by atoms with Gasteiger partial charge in [-0.1, -0.05) is 17.7 Å². The zero-order valence-electron chi connectivity index (χ0n) is 14.2. The molecule has 3 heterocycles. The van der Waals surface area contributed by atoms with Gasteiger partial charge in [-0.05, 0) is 13.0 Å². The van der Waals surface area contributed by atoms with Gasteiger partial charge < -0.3 is 14.6 Å². The molecule has 3 aromatic rings. The van der Waals surface area contributed by atoms with Crippen molar-refractivity contribution >= 4 is 28.4 Å². The summed E-state index contributed by atoms with van der Waals surface area (Å²) in [4.78, 5) is 25.8. The van der Waals surface area contributed by atoms with Gasteiger partial charge in [0, 0.05) is 29.6 Å².